The zero-order chi connectivity index (χ0) is 38.3. The van der Waals surface area contributed by atoms with Crippen molar-refractivity contribution >= 4 is 60.8 Å². The third-order valence-electron chi connectivity index (χ3n) is 11.9. The molecule has 2 N–H and O–H groups in total. The number of thiophene rings is 1. The topological polar surface area (TPSA) is 139 Å². The number of carbonyl (C=O) groups is 1. The largest absolute Gasteiger partial charge is 0.491 e. The number of alkyl halides is 1. The molecule has 286 valence electrons. The van der Waals surface area contributed by atoms with Gasteiger partial charge in [-0.05, 0) is 51.3 Å². The Kier molecular flexibility index (Phi) is 8.74. The van der Waals surface area contributed by atoms with Crippen LogP contribution in [0.3, 0.4) is 0 Å². The highest BCUT2D eigenvalue weighted by atomic mass is 35.5. The lowest BCUT2D eigenvalue weighted by molar-refractivity contribution is 0.107. The number of halogens is 4. The van der Waals surface area contributed by atoms with Crippen LogP contribution < -0.4 is 20.1 Å². The van der Waals surface area contributed by atoms with Crippen LogP contribution in [-0.4, -0.2) is 98.0 Å². The van der Waals surface area contributed by atoms with Crippen LogP contribution in [0.4, 0.5) is 28.8 Å². The summed E-state index contributed by atoms with van der Waals surface area (Å²) in [7, 11) is 0. The van der Waals surface area contributed by atoms with Crippen molar-refractivity contribution in [1.82, 2.24) is 29.3 Å². The van der Waals surface area contributed by atoms with Crippen molar-refractivity contribution in [1.29, 1.82) is 5.26 Å². The van der Waals surface area contributed by atoms with Gasteiger partial charge in [0.2, 0.25) is 0 Å². The molecule has 9 rings (SSSR count). The molecule has 0 radical (unpaired) electrons. The molecule has 17 heteroatoms. The molecule has 12 nitrogen and oxygen atoms in total. The number of nitrogens with zero attached hydrogens (tertiary/aromatic N) is 8. The maximum absolute atomic E-state index is 17.6. The van der Waals surface area contributed by atoms with Gasteiger partial charge in [-0.25, -0.2) is 22.9 Å². The van der Waals surface area contributed by atoms with Gasteiger partial charge in [0, 0.05) is 55.3 Å². The number of fused-ring (bicyclic) bond motifs is 2. The molecule has 0 bridgehead atoms. The van der Waals surface area contributed by atoms with E-state index in [1.54, 1.807) is 17.3 Å². The number of ether oxygens (including phenoxy) is 2. The number of benzene rings is 2. The molecule has 5 atom stereocenters. The predicted octanol–water partition coefficient (Wildman–Crippen LogP) is 7.16. The lowest BCUT2D eigenvalue weighted by atomic mass is 9.95. The van der Waals surface area contributed by atoms with E-state index in [0.717, 1.165) is 30.7 Å². The second-order valence-electron chi connectivity index (χ2n) is 14.9. The van der Waals surface area contributed by atoms with E-state index in [-0.39, 0.29) is 96.8 Å². The Bertz CT molecular complexity index is 2410. The molecule has 7 heterocycles. The SMILES string of the molecule is C[C@@H]1[C@H](N2c3nc(OC[C@@]45CCCN4C[C@H](F)C5)nc4c(F)c(-c5ccc(F)c6sc(N)c(C#N)c56)c(Cl)c(c34)OCC[C@H]2C)CCN1C(=O)n1ccnc1. The van der Waals surface area contributed by atoms with Crippen LogP contribution in [0.25, 0.3) is 32.1 Å². The Balaban J connectivity index is 1.24. The normalized spacial score (nSPS) is 25.3. The Labute approximate surface area is 323 Å². The molecule has 4 aliphatic rings. The van der Waals surface area contributed by atoms with Crippen molar-refractivity contribution in [2.24, 2.45) is 0 Å². The van der Waals surface area contributed by atoms with E-state index in [9.17, 15) is 14.4 Å². The van der Waals surface area contributed by atoms with Crippen LogP contribution in [0.15, 0.2) is 30.9 Å². The summed E-state index contributed by atoms with van der Waals surface area (Å²) >= 11 is 8.07. The van der Waals surface area contributed by atoms with Crippen molar-refractivity contribution in [2.45, 2.75) is 75.8 Å². The number of nitrogen functional groups attached to an aromatic ring is 1. The number of nitriles is 1. The van der Waals surface area contributed by atoms with Gasteiger partial charge in [0.05, 0.1) is 44.9 Å². The second kappa shape index (κ2) is 13.4. The number of carbonyl (C=O) groups excluding carboxylic acids is 1. The van der Waals surface area contributed by atoms with Crippen molar-refractivity contribution in [2.75, 3.05) is 43.5 Å². The minimum absolute atomic E-state index is 0.00849. The summed E-state index contributed by atoms with van der Waals surface area (Å²) in [6.45, 7) is 5.84. The fraction of sp³-hybridized carbons (Fsp3) is 0.447. The van der Waals surface area contributed by atoms with E-state index in [1.807, 2.05) is 19.9 Å². The molecule has 0 saturated carbocycles. The lowest BCUT2D eigenvalue weighted by Crippen LogP contribution is -2.50. The molecule has 3 fully saturated rings. The van der Waals surface area contributed by atoms with Gasteiger partial charge in [-0.1, -0.05) is 17.7 Å². The molecule has 55 heavy (non-hydrogen) atoms. The molecular formula is C38H37ClF3N9O3S. The van der Waals surface area contributed by atoms with Gasteiger partial charge in [0.15, 0.2) is 11.6 Å². The Hall–Kier alpha value is -4.85. The average molecular weight is 792 g/mol. The zero-order valence-corrected chi connectivity index (χ0v) is 31.6. The van der Waals surface area contributed by atoms with Crippen molar-refractivity contribution in [3.8, 4) is 29.0 Å². The molecule has 2 aromatic carbocycles. The summed E-state index contributed by atoms with van der Waals surface area (Å²) in [5, 5.41) is 10.4. The number of nitrogens with two attached hydrogens (primary N) is 1. The number of hydrogen-bond acceptors (Lipinski definition) is 11. The minimum atomic E-state index is -0.984. The highest BCUT2D eigenvalue weighted by Gasteiger charge is 2.50. The standard InChI is InChI=1S/C38H37ClF3N9O3S/c1-19-7-13-53-32-28-31(30(42)27(29(32)39)22-4-5-24(41)33-26(22)23(15-43)34(44)55-33)46-36(54-17-38-8-3-10-49(38)16-21(40)14-38)47-35(28)51(19)25-6-11-50(20(25)2)37(52)48-12-9-45-18-48/h4-5,9,12,18-21,25H,3,6-8,10-11,13-14,16-17,44H2,1-2H3/t19-,20-,21-,25-,38+/m1/s1. The van der Waals surface area contributed by atoms with E-state index in [4.69, 9.17) is 31.8 Å². The van der Waals surface area contributed by atoms with E-state index in [0.29, 0.717) is 38.2 Å². The number of rotatable bonds is 5. The number of anilines is 2. The first-order valence-corrected chi connectivity index (χ1v) is 19.6. The van der Waals surface area contributed by atoms with Crippen LogP contribution in [0.2, 0.25) is 5.02 Å². The Morgan fingerprint density at radius 2 is 2.05 bits per heavy atom. The predicted molar refractivity (Wildman–Crippen MR) is 203 cm³/mol. The van der Waals surface area contributed by atoms with Crippen LogP contribution in [-0.2, 0) is 0 Å². The molecule has 3 saturated heterocycles. The van der Waals surface area contributed by atoms with Crippen LogP contribution >= 0.6 is 22.9 Å². The quantitative estimate of drug-likeness (QED) is 0.195. The van der Waals surface area contributed by atoms with Gasteiger partial charge >= 0.3 is 12.0 Å². The van der Waals surface area contributed by atoms with Crippen molar-refractivity contribution in [3.63, 3.8) is 0 Å². The van der Waals surface area contributed by atoms with Gasteiger partial charge in [-0.2, -0.15) is 15.2 Å². The van der Waals surface area contributed by atoms with Crippen LogP contribution in [0.5, 0.6) is 11.8 Å². The monoisotopic (exact) mass is 791 g/mol. The third kappa shape index (κ3) is 5.56. The summed E-state index contributed by atoms with van der Waals surface area (Å²) in [5.74, 6) is -1.02. The summed E-state index contributed by atoms with van der Waals surface area (Å²) in [6, 6.07) is 3.50. The Morgan fingerprint density at radius 3 is 2.84 bits per heavy atom. The maximum Gasteiger partial charge on any atom is 0.329 e. The first-order chi connectivity index (χ1) is 26.5. The molecule has 4 aliphatic heterocycles. The maximum atomic E-state index is 17.6. The summed E-state index contributed by atoms with van der Waals surface area (Å²) in [5.41, 5.74) is 5.49. The number of imidazole rings is 1. The average Bonchev–Trinajstić information content (AvgIpc) is 3.99. The van der Waals surface area contributed by atoms with Crippen LogP contribution in [0.1, 0.15) is 51.5 Å². The first kappa shape index (κ1) is 35.8. The molecule has 5 aromatic rings. The minimum Gasteiger partial charge on any atom is -0.491 e. The van der Waals surface area contributed by atoms with E-state index in [1.165, 1.54) is 23.0 Å². The van der Waals surface area contributed by atoms with E-state index >= 15 is 8.78 Å². The van der Waals surface area contributed by atoms with Gasteiger partial charge < -0.3 is 25.0 Å². The second-order valence-corrected chi connectivity index (χ2v) is 16.4. The van der Waals surface area contributed by atoms with Gasteiger partial charge in [0.1, 0.15) is 47.3 Å². The summed E-state index contributed by atoms with van der Waals surface area (Å²) in [6.07, 6.45) is 6.69. The molecular weight excluding hydrogens is 755 g/mol. The molecule has 1 amide bonds. The number of aromatic nitrogens is 4. The smallest absolute Gasteiger partial charge is 0.329 e. The zero-order valence-electron chi connectivity index (χ0n) is 30.1. The first-order valence-electron chi connectivity index (χ1n) is 18.4. The number of hydrogen-bond donors (Lipinski definition) is 1. The Morgan fingerprint density at radius 1 is 1.22 bits per heavy atom. The summed E-state index contributed by atoms with van der Waals surface area (Å²) in [4.78, 5) is 33.2. The van der Waals surface area contributed by atoms with Gasteiger partial charge in [-0.15, -0.1) is 11.3 Å². The fourth-order valence-electron chi connectivity index (χ4n) is 9.26. The van der Waals surface area contributed by atoms with Gasteiger partial charge in [0.25, 0.3) is 0 Å². The van der Waals surface area contributed by atoms with E-state index in [2.05, 4.69) is 19.8 Å². The summed E-state index contributed by atoms with van der Waals surface area (Å²) < 4.78 is 61.8. The molecule has 0 aliphatic carbocycles. The molecule has 0 spiro atoms. The van der Waals surface area contributed by atoms with Crippen LogP contribution in [0, 0.1) is 23.0 Å². The molecule has 3 aromatic heterocycles. The lowest BCUT2D eigenvalue weighted by Gasteiger charge is -2.40. The van der Waals surface area contributed by atoms with E-state index < -0.39 is 23.3 Å². The number of likely N-dealkylation sites (tertiary alicyclic amines) is 1. The fourth-order valence-corrected chi connectivity index (χ4v) is 10.5. The highest BCUT2D eigenvalue weighted by Crippen LogP contribution is 2.51. The highest BCUT2D eigenvalue weighted by molar-refractivity contribution is 7.23. The third-order valence-corrected chi connectivity index (χ3v) is 13.3. The van der Waals surface area contributed by atoms with Gasteiger partial charge in [-0.3, -0.25) is 9.47 Å². The van der Waals surface area contributed by atoms with Crippen molar-refractivity contribution in [3.05, 3.63) is 53.1 Å². The van der Waals surface area contributed by atoms with Crippen molar-refractivity contribution < 1.29 is 27.4 Å². The molecule has 0 unspecified atom stereocenters. The number of amides is 1.